The summed E-state index contributed by atoms with van der Waals surface area (Å²) in [4.78, 5) is 0. The second-order valence-corrected chi connectivity index (χ2v) is 2.33. The van der Waals surface area contributed by atoms with Crippen molar-refractivity contribution in [2.75, 3.05) is 0 Å². The molecule has 0 heterocycles. The van der Waals surface area contributed by atoms with E-state index < -0.39 is 13.4 Å². The quantitative estimate of drug-likeness (QED) is 0.178. The van der Waals surface area contributed by atoms with Gasteiger partial charge in [-0.3, -0.25) is 11.7 Å². The molecule has 0 aromatic rings. The molecule has 0 fully saturated rings. The molecule has 0 atom stereocenters. The first-order valence-corrected chi connectivity index (χ1v) is 3.96. The predicted octanol–water partition coefficient (Wildman–Crippen LogP) is -2.91. The fourth-order valence-electron chi connectivity index (χ4n) is 0. The number of hydrogen-bond donors (Lipinski definition) is 4. The van der Waals surface area contributed by atoms with Gasteiger partial charge in [-0.05, 0) is 0 Å². The van der Waals surface area contributed by atoms with Crippen LogP contribution >= 0.6 is 0 Å². The van der Waals surface area contributed by atoms with Gasteiger partial charge in [-0.15, -0.1) is 0 Å². The Morgan fingerprint density at radius 3 is 1.14 bits per heavy atom. The van der Waals surface area contributed by atoms with Gasteiger partial charge in [0.2, 0.25) is 0 Å². The molecule has 6 nitrogen and oxygen atoms in total. The van der Waals surface area contributed by atoms with Crippen molar-refractivity contribution in [3.8, 4) is 0 Å². The van der Waals surface area contributed by atoms with Crippen molar-refractivity contribution >= 4 is 13.4 Å². The third-order valence-corrected chi connectivity index (χ3v) is 0. The van der Waals surface area contributed by atoms with Crippen LogP contribution in [0, 0.1) is 0 Å². The van der Waals surface area contributed by atoms with Gasteiger partial charge < -0.3 is 0 Å². The van der Waals surface area contributed by atoms with Gasteiger partial charge in [0.05, 0.1) is 0 Å². The Labute approximate surface area is 42.0 Å². The summed E-state index contributed by atoms with van der Waals surface area (Å²) >= 11 is -5.25. The van der Waals surface area contributed by atoms with Gasteiger partial charge in [-0.1, -0.05) is 0 Å². The van der Waals surface area contributed by atoms with E-state index in [-0.39, 0.29) is 0 Å². The molecule has 0 aliphatic rings. The molecule has 0 aromatic carbocycles. The second-order valence-electron chi connectivity index (χ2n) is 0.448. The third-order valence-electron chi connectivity index (χ3n) is 0. The van der Waals surface area contributed by atoms with Gasteiger partial charge in [0, 0.05) is 0 Å². The Bertz CT molecular complexity index is 92.9. The molecular weight excluding hydrogens is 171 g/mol. The number of rotatable bonds is 0. The van der Waals surface area contributed by atoms with Crippen molar-refractivity contribution in [2.45, 2.75) is 0 Å². The minimum absolute atomic E-state index is 4.00. The van der Waals surface area contributed by atoms with E-state index in [9.17, 15) is 0 Å². The van der Waals surface area contributed by atoms with Crippen LogP contribution in [0.4, 0.5) is 0 Å². The van der Waals surface area contributed by atoms with Crippen LogP contribution in [0.5, 0.6) is 0 Å². The Morgan fingerprint density at radius 1 is 1.14 bits per heavy atom. The van der Waals surface area contributed by atoms with Crippen molar-refractivity contribution in [3.63, 3.8) is 0 Å². The summed E-state index contributed by atoms with van der Waals surface area (Å²) in [5.41, 5.74) is 0. The average Bonchev–Trinajstić information content (AvgIpc) is 1.36. The fraction of sp³-hybridized carbons (Fsp3) is 0. The van der Waals surface area contributed by atoms with Crippen LogP contribution in [0.1, 0.15) is 0 Å². The second kappa shape index (κ2) is 4.13. The number of hydrazine groups is 1. The summed E-state index contributed by atoms with van der Waals surface area (Å²) in [7, 11) is 0. The first kappa shape index (κ1) is 10.0. The molecule has 0 radical (unpaired) electrons. The summed E-state index contributed by atoms with van der Waals surface area (Å²) in [6, 6.07) is 0. The Morgan fingerprint density at radius 2 is 1.14 bits per heavy atom. The molecule has 46 valence electrons. The van der Waals surface area contributed by atoms with E-state index >= 15 is 0 Å². The van der Waals surface area contributed by atoms with Crippen LogP contribution in [0.3, 0.4) is 0 Å². The van der Waals surface area contributed by atoms with Gasteiger partial charge >= 0.3 is 29.4 Å². The Kier molecular flexibility index (Phi) is 5.92. The Hall–Kier alpha value is -0.0405. The van der Waals surface area contributed by atoms with Gasteiger partial charge in [-0.2, -0.15) is 0 Å². The molecule has 0 saturated carbocycles. The monoisotopic (exact) mass is 178 g/mol. The van der Waals surface area contributed by atoms with Crippen molar-refractivity contribution < 1.29 is 16.0 Å². The number of nitrogens with two attached hydrogens (primary N) is 2. The molecule has 0 rings (SSSR count). The van der Waals surface area contributed by atoms with Gasteiger partial charge in [0.1, 0.15) is 0 Å². The molecule has 0 aliphatic heterocycles. The van der Waals surface area contributed by atoms with Crippen LogP contribution in [0.2, 0.25) is 0 Å². The van der Waals surface area contributed by atoms with Gasteiger partial charge in [0.15, 0.2) is 0 Å². The van der Waals surface area contributed by atoms with Gasteiger partial charge in [-0.25, -0.2) is 0 Å². The maximum atomic E-state index is 8.82. The van der Waals surface area contributed by atoms with Crippen LogP contribution in [0.15, 0.2) is 0 Å². The summed E-state index contributed by atoms with van der Waals surface area (Å²) < 4.78 is 31.9. The van der Waals surface area contributed by atoms with Crippen molar-refractivity contribution in [1.82, 2.24) is 0 Å². The molecule has 6 N–H and O–H groups in total. The van der Waals surface area contributed by atoms with Crippen molar-refractivity contribution in [1.29, 1.82) is 0 Å². The Balaban J connectivity index is 0. The minimum atomic E-state index is -5.25. The maximum absolute atomic E-state index is 8.82. The van der Waals surface area contributed by atoms with E-state index in [1.54, 1.807) is 0 Å². The van der Waals surface area contributed by atoms with Crippen LogP contribution < -0.4 is 11.7 Å². The summed E-state index contributed by atoms with van der Waals surface area (Å²) in [5, 5.41) is 0. The average molecular weight is 177 g/mol. The number of hydrogen-bond acceptors (Lipinski definition) is 4. The predicted molar refractivity (Wildman–Crippen MR) is 19.9 cm³/mol. The normalized spacial score (nSPS) is 9.14. The van der Waals surface area contributed by atoms with Crippen molar-refractivity contribution in [2.24, 2.45) is 11.7 Å². The molecule has 0 unspecified atom stereocenters. The van der Waals surface area contributed by atoms with Gasteiger partial charge in [0.25, 0.3) is 0 Å². The van der Waals surface area contributed by atoms with E-state index in [2.05, 4.69) is 11.7 Å². The molecule has 0 bridgehead atoms. The molecule has 0 amide bonds. The van der Waals surface area contributed by atoms with Crippen LogP contribution in [0.25, 0.3) is 0 Å². The first-order chi connectivity index (χ1) is 3.00. The van der Waals surface area contributed by atoms with E-state index in [1.807, 2.05) is 0 Å². The van der Waals surface area contributed by atoms with Crippen molar-refractivity contribution in [3.05, 3.63) is 0 Å². The zero-order valence-corrected chi connectivity index (χ0v) is 4.99. The van der Waals surface area contributed by atoms with E-state index in [4.69, 9.17) is 16.0 Å². The molecule has 0 aromatic heterocycles. The summed E-state index contributed by atoms with van der Waals surface area (Å²) in [5.74, 6) is 8.00. The topological polar surface area (TPSA) is 127 Å². The molecule has 7 heavy (non-hydrogen) atoms. The first-order valence-electron chi connectivity index (χ1n) is 1.03. The van der Waals surface area contributed by atoms with E-state index in [0.29, 0.717) is 0 Å². The van der Waals surface area contributed by atoms with Crippen LogP contribution in [-0.2, 0) is 7.67 Å². The summed E-state index contributed by atoms with van der Waals surface area (Å²) in [6.07, 6.45) is 0. The van der Waals surface area contributed by atoms with E-state index in [0.717, 1.165) is 0 Å². The molecule has 0 spiro atoms. The van der Waals surface area contributed by atoms with Crippen LogP contribution in [-0.4, -0.2) is 21.7 Å². The molecule has 7 heteroatoms. The SMILES string of the molecule is NN.O=[Se](=O)(O)O. The zero-order chi connectivity index (χ0) is 6.50. The zero-order valence-electron chi connectivity index (χ0n) is 3.27. The van der Waals surface area contributed by atoms with E-state index in [1.165, 1.54) is 0 Å². The summed E-state index contributed by atoms with van der Waals surface area (Å²) in [6.45, 7) is 0. The standard InChI is InChI=1S/H4N2.H2O4Se/c1-2;1-5(2,3)4/h1-2H2;(H2,1,2,3,4). The third kappa shape index (κ3) is 56900. The molecule has 0 aliphatic carbocycles. The molecule has 0 saturated heterocycles. The molecular formula is H6N2O4Se. The fourth-order valence-corrected chi connectivity index (χ4v) is 0.